The molecule has 8 heteroatoms. The van der Waals surface area contributed by atoms with Crippen molar-refractivity contribution in [2.75, 3.05) is 24.3 Å². The molecule has 0 spiro atoms. The zero-order valence-corrected chi connectivity index (χ0v) is 13.1. The molecule has 0 atom stereocenters. The predicted octanol–water partition coefficient (Wildman–Crippen LogP) is 1.68. The monoisotopic (exact) mass is 334 g/mol. The number of hydrogen-bond donors (Lipinski definition) is 2. The van der Waals surface area contributed by atoms with Gasteiger partial charge in [-0.15, -0.1) is 0 Å². The molecule has 2 amide bonds. The van der Waals surface area contributed by atoms with Crippen LogP contribution in [0, 0.1) is 11.6 Å². The smallest absolute Gasteiger partial charge is 0.313 e. The lowest BCUT2D eigenvalue weighted by Crippen LogP contribution is -2.35. The molecule has 0 aliphatic rings. The summed E-state index contributed by atoms with van der Waals surface area (Å²) in [7, 11) is 3.66. The fraction of sp³-hybridized carbons (Fsp3) is 0.188. The number of amides is 2. The minimum atomic E-state index is -1.04. The van der Waals surface area contributed by atoms with E-state index in [0.717, 1.165) is 17.7 Å². The molecule has 1 aromatic carbocycles. The summed E-state index contributed by atoms with van der Waals surface area (Å²) in [4.78, 5) is 29.5. The third kappa shape index (κ3) is 4.48. The largest absolute Gasteiger partial charge is 0.363 e. The summed E-state index contributed by atoms with van der Waals surface area (Å²) < 4.78 is 26.2. The van der Waals surface area contributed by atoms with Crippen LogP contribution < -0.4 is 15.5 Å². The number of rotatable bonds is 4. The predicted molar refractivity (Wildman–Crippen MR) is 85.4 cm³/mol. The van der Waals surface area contributed by atoms with Crippen molar-refractivity contribution in [1.82, 2.24) is 10.3 Å². The van der Waals surface area contributed by atoms with Crippen LogP contribution in [0.3, 0.4) is 0 Å². The highest BCUT2D eigenvalue weighted by atomic mass is 19.1. The van der Waals surface area contributed by atoms with Gasteiger partial charge in [0, 0.05) is 32.9 Å². The van der Waals surface area contributed by atoms with E-state index >= 15 is 0 Å². The maximum atomic E-state index is 13.4. The summed E-state index contributed by atoms with van der Waals surface area (Å²) >= 11 is 0. The molecule has 6 nitrogen and oxygen atoms in total. The average Bonchev–Trinajstić information content (AvgIpc) is 2.55. The van der Waals surface area contributed by atoms with Gasteiger partial charge < -0.3 is 15.5 Å². The van der Waals surface area contributed by atoms with Gasteiger partial charge in [-0.1, -0.05) is 0 Å². The van der Waals surface area contributed by atoms with E-state index in [1.807, 2.05) is 14.1 Å². The third-order valence-corrected chi connectivity index (χ3v) is 3.11. The minimum absolute atomic E-state index is 0.113. The Balaban J connectivity index is 1.94. The topological polar surface area (TPSA) is 74.3 Å². The molecule has 0 radical (unpaired) electrons. The Hall–Kier alpha value is -3.03. The molecule has 1 aromatic heterocycles. The molecular formula is C16H16F2N4O2. The Labute approximate surface area is 137 Å². The summed E-state index contributed by atoms with van der Waals surface area (Å²) in [5.74, 6) is -2.99. The second kappa shape index (κ2) is 7.49. The number of nitrogens with zero attached hydrogens (tertiary/aromatic N) is 2. The summed E-state index contributed by atoms with van der Waals surface area (Å²) in [6.45, 7) is 0.113. The number of nitrogens with one attached hydrogen (secondary N) is 2. The van der Waals surface area contributed by atoms with E-state index in [0.29, 0.717) is 11.9 Å². The lowest BCUT2D eigenvalue weighted by Gasteiger charge is -2.12. The van der Waals surface area contributed by atoms with Crippen molar-refractivity contribution in [2.24, 2.45) is 0 Å². The second-order valence-electron chi connectivity index (χ2n) is 5.18. The maximum Gasteiger partial charge on any atom is 0.313 e. The van der Waals surface area contributed by atoms with Gasteiger partial charge in [0.15, 0.2) is 0 Å². The van der Waals surface area contributed by atoms with Crippen molar-refractivity contribution < 1.29 is 18.4 Å². The van der Waals surface area contributed by atoms with Crippen LogP contribution >= 0.6 is 0 Å². The molecule has 0 saturated carbocycles. The fourth-order valence-corrected chi connectivity index (χ4v) is 1.85. The van der Waals surface area contributed by atoms with Gasteiger partial charge in [-0.2, -0.15) is 0 Å². The van der Waals surface area contributed by atoms with E-state index in [9.17, 15) is 18.4 Å². The van der Waals surface area contributed by atoms with Gasteiger partial charge in [0.05, 0.1) is 5.69 Å². The first-order chi connectivity index (χ1) is 11.4. The molecule has 0 aliphatic heterocycles. The molecule has 0 aliphatic carbocycles. The standard InChI is InChI=1S/C16H16F2N4O2/c1-22(2)14-7-10(5-6-19-14)9-20-15(23)16(24)21-13-4-3-11(17)8-12(13)18/h3-8H,9H2,1-2H3,(H,20,23)(H,21,24). The molecule has 0 unspecified atom stereocenters. The van der Waals surface area contributed by atoms with Gasteiger partial charge in [-0.3, -0.25) is 9.59 Å². The van der Waals surface area contributed by atoms with Crippen LogP contribution in [-0.4, -0.2) is 30.9 Å². The molecular weight excluding hydrogens is 318 g/mol. The second-order valence-corrected chi connectivity index (χ2v) is 5.18. The van der Waals surface area contributed by atoms with E-state index < -0.39 is 23.4 Å². The SMILES string of the molecule is CN(C)c1cc(CNC(=O)C(=O)Nc2ccc(F)cc2F)ccn1. The van der Waals surface area contributed by atoms with Crippen LogP contribution in [0.5, 0.6) is 0 Å². The van der Waals surface area contributed by atoms with Crippen molar-refractivity contribution >= 4 is 23.3 Å². The summed E-state index contributed by atoms with van der Waals surface area (Å²) in [5, 5.41) is 4.51. The molecule has 24 heavy (non-hydrogen) atoms. The first kappa shape index (κ1) is 17.3. The highest BCUT2D eigenvalue weighted by Gasteiger charge is 2.15. The van der Waals surface area contributed by atoms with Crippen molar-refractivity contribution in [2.45, 2.75) is 6.54 Å². The highest BCUT2D eigenvalue weighted by Crippen LogP contribution is 2.14. The van der Waals surface area contributed by atoms with Crippen molar-refractivity contribution in [3.63, 3.8) is 0 Å². The van der Waals surface area contributed by atoms with Crippen molar-refractivity contribution in [3.05, 3.63) is 53.7 Å². The van der Waals surface area contributed by atoms with Gasteiger partial charge >= 0.3 is 11.8 Å². The number of carbonyl (C=O) groups is 2. The van der Waals surface area contributed by atoms with Gasteiger partial charge in [0.2, 0.25) is 0 Å². The van der Waals surface area contributed by atoms with Crippen LogP contribution in [0.1, 0.15) is 5.56 Å². The molecule has 0 bridgehead atoms. The van der Waals surface area contributed by atoms with E-state index in [1.54, 1.807) is 23.2 Å². The number of anilines is 2. The number of carbonyl (C=O) groups excluding carboxylic acids is 2. The summed E-state index contributed by atoms with van der Waals surface area (Å²) in [6, 6.07) is 6.11. The summed E-state index contributed by atoms with van der Waals surface area (Å²) in [6.07, 6.45) is 1.59. The number of pyridine rings is 1. The first-order valence-corrected chi connectivity index (χ1v) is 7.03. The van der Waals surface area contributed by atoms with Crippen molar-refractivity contribution in [1.29, 1.82) is 0 Å². The lowest BCUT2D eigenvalue weighted by atomic mass is 10.2. The van der Waals surface area contributed by atoms with Crippen LogP contribution in [-0.2, 0) is 16.1 Å². The highest BCUT2D eigenvalue weighted by molar-refractivity contribution is 6.39. The minimum Gasteiger partial charge on any atom is -0.363 e. The number of halogens is 2. The lowest BCUT2D eigenvalue weighted by molar-refractivity contribution is -0.136. The molecule has 126 valence electrons. The van der Waals surface area contributed by atoms with Gasteiger partial charge in [0.25, 0.3) is 0 Å². The average molecular weight is 334 g/mol. The van der Waals surface area contributed by atoms with Gasteiger partial charge in [-0.05, 0) is 29.8 Å². The number of hydrogen-bond acceptors (Lipinski definition) is 4. The first-order valence-electron chi connectivity index (χ1n) is 7.03. The number of aromatic nitrogens is 1. The quantitative estimate of drug-likeness (QED) is 0.835. The molecule has 2 N–H and O–H groups in total. The van der Waals surface area contributed by atoms with E-state index in [2.05, 4.69) is 15.6 Å². The Morgan fingerprint density at radius 2 is 1.88 bits per heavy atom. The molecule has 1 heterocycles. The van der Waals surface area contributed by atoms with Crippen LogP contribution in [0.2, 0.25) is 0 Å². The normalized spacial score (nSPS) is 10.2. The number of benzene rings is 1. The molecule has 0 fully saturated rings. The van der Waals surface area contributed by atoms with Crippen molar-refractivity contribution in [3.8, 4) is 0 Å². The Kier molecular flexibility index (Phi) is 5.41. The Morgan fingerprint density at radius 1 is 1.12 bits per heavy atom. The summed E-state index contributed by atoms with van der Waals surface area (Å²) in [5.41, 5.74) is 0.484. The van der Waals surface area contributed by atoms with Gasteiger partial charge in [-0.25, -0.2) is 13.8 Å². The third-order valence-electron chi connectivity index (χ3n) is 3.11. The Morgan fingerprint density at radius 3 is 2.54 bits per heavy atom. The molecule has 2 aromatic rings. The Bertz CT molecular complexity index is 765. The van der Waals surface area contributed by atoms with E-state index in [-0.39, 0.29) is 12.2 Å². The zero-order valence-electron chi connectivity index (χ0n) is 13.1. The van der Waals surface area contributed by atoms with E-state index in [4.69, 9.17) is 0 Å². The van der Waals surface area contributed by atoms with Crippen LogP contribution in [0.25, 0.3) is 0 Å². The van der Waals surface area contributed by atoms with Crippen LogP contribution in [0.4, 0.5) is 20.3 Å². The van der Waals surface area contributed by atoms with E-state index in [1.165, 1.54) is 0 Å². The zero-order chi connectivity index (χ0) is 17.7. The molecule has 2 rings (SSSR count). The van der Waals surface area contributed by atoms with Gasteiger partial charge in [0.1, 0.15) is 17.5 Å². The fourth-order valence-electron chi connectivity index (χ4n) is 1.85. The molecule has 0 saturated heterocycles. The van der Waals surface area contributed by atoms with Crippen LogP contribution in [0.15, 0.2) is 36.5 Å². The maximum absolute atomic E-state index is 13.4.